The van der Waals surface area contributed by atoms with Crippen LogP contribution in [0, 0.1) is 0 Å². The highest BCUT2D eigenvalue weighted by atomic mass is 79.9. The Morgan fingerprint density at radius 3 is 2.31 bits per heavy atom. The zero-order valence-corrected chi connectivity index (χ0v) is 8.94. The van der Waals surface area contributed by atoms with E-state index in [-0.39, 0.29) is 6.29 Å². The summed E-state index contributed by atoms with van der Waals surface area (Å²) in [5.41, 5.74) is -3.14. The van der Waals surface area contributed by atoms with Crippen LogP contribution >= 0.6 is 15.9 Å². The summed E-state index contributed by atoms with van der Waals surface area (Å²) in [6.45, 7) is 0. The molecule has 1 heterocycles. The first kappa shape index (κ1) is 13.0. The minimum absolute atomic E-state index is 0.0485. The van der Waals surface area contributed by atoms with Gasteiger partial charge >= 0.3 is 6.18 Å². The number of aldehydes is 1. The molecule has 0 radical (unpaired) electrons. The molecule has 1 aromatic rings. The molecular formula is C8H3BrF5NO. The fraction of sp³-hybridized carbons (Fsp3) is 0.250. The van der Waals surface area contributed by atoms with Crippen LogP contribution in [0.15, 0.2) is 10.5 Å². The highest BCUT2D eigenvalue weighted by Gasteiger charge is 2.35. The molecule has 0 N–H and O–H groups in total. The molecule has 0 aromatic carbocycles. The zero-order chi connectivity index (χ0) is 12.5. The van der Waals surface area contributed by atoms with Crippen molar-refractivity contribution >= 4 is 22.2 Å². The van der Waals surface area contributed by atoms with E-state index in [4.69, 9.17) is 0 Å². The second kappa shape index (κ2) is 4.44. The maximum absolute atomic E-state index is 12.3. The zero-order valence-electron chi connectivity index (χ0n) is 7.36. The second-order valence-corrected chi connectivity index (χ2v) is 3.51. The van der Waals surface area contributed by atoms with Crippen LogP contribution in [-0.2, 0) is 6.18 Å². The molecule has 0 aliphatic carbocycles. The van der Waals surface area contributed by atoms with Gasteiger partial charge in [-0.2, -0.15) is 13.2 Å². The molecular weight excluding hydrogens is 301 g/mol. The lowest BCUT2D eigenvalue weighted by atomic mass is 10.2. The molecule has 0 unspecified atom stereocenters. The lowest BCUT2D eigenvalue weighted by molar-refractivity contribution is -0.141. The Balaban J connectivity index is 3.46. The number of carbonyl (C=O) groups is 1. The topological polar surface area (TPSA) is 30.0 Å². The van der Waals surface area contributed by atoms with Crippen LogP contribution in [0.3, 0.4) is 0 Å². The van der Waals surface area contributed by atoms with E-state index in [0.717, 1.165) is 0 Å². The Kier molecular flexibility index (Phi) is 3.61. The van der Waals surface area contributed by atoms with E-state index in [2.05, 4.69) is 20.9 Å². The summed E-state index contributed by atoms with van der Waals surface area (Å²) in [5, 5.41) is 0. The van der Waals surface area contributed by atoms with E-state index in [0.29, 0.717) is 6.07 Å². The number of alkyl halides is 5. The third-order valence-electron chi connectivity index (χ3n) is 1.64. The number of hydrogen-bond acceptors (Lipinski definition) is 2. The fourth-order valence-electron chi connectivity index (χ4n) is 0.945. The molecule has 1 rings (SSSR count). The normalized spacial score (nSPS) is 11.9. The maximum atomic E-state index is 12.3. The van der Waals surface area contributed by atoms with E-state index in [1.54, 1.807) is 0 Å². The number of nitrogens with zero attached hydrogens (tertiary/aromatic N) is 1. The molecule has 0 amide bonds. The lowest BCUT2D eigenvalue weighted by Gasteiger charge is -2.10. The Hall–Kier alpha value is -1.05. The molecule has 0 aliphatic heterocycles. The Labute approximate surface area is 94.6 Å². The highest BCUT2D eigenvalue weighted by molar-refractivity contribution is 9.10. The van der Waals surface area contributed by atoms with Crippen molar-refractivity contribution in [3.63, 3.8) is 0 Å². The van der Waals surface area contributed by atoms with Crippen molar-refractivity contribution in [2.45, 2.75) is 12.6 Å². The van der Waals surface area contributed by atoms with Crippen LogP contribution in [0.2, 0.25) is 0 Å². The van der Waals surface area contributed by atoms with Crippen molar-refractivity contribution in [3.8, 4) is 0 Å². The van der Waals surface area contributed by atoms with Gasteiger partial charge in [-0.05, 0) is 22.0 Å². The summed E-state index contributed by atoms with van der Waals surface area (Å²) in [5.74, 6) is 0. The minimum Gasteiger partial charge on any atom is -0.298 e. The summed E-state index contributed by atoms with van der Waals surface area (Å²) in [7, 11) is 0. The Morgan fingerprint density at radius 1 is 1.38 bits per heavy atom. The average molecular weight is 304 g/mol. The number of halogens is 6. The van der Waals surface area contributed by atoms with Crippen LogP contribution in [0.4, 0.5) is 22.0 Å². The van der Waals surface area contributed by atoms with Crippen molar-refractivity contribution in [1.29, 1.82) is 0 Å². The van der Waals surface area contributed by atoms with Gasteiger partial charge in [0, 0.05) is 5.56 Å². The predicted octanol–water partition coefficient (Wildman–Crippen LogP) is 3.61. The first-order chi connectivity index (χ1) is 7.27. The van der Waals surface area contributed by atoms with Gasteiger partial charge in [-0.3, -0.25) is 4.79 Å². The highest BCUT2D eigenvalue weighted by Crippen LogP contribution is 2.34. The molecule has 0 saturated carbocycles. The van der Waals surface area contributed by atoms with Crippen molar-refractivity contribution in [2.24, 2.45) is 0 Å². The lowest BCUT2D eigenvalue weighted by Crippen LogP contribution is -2.11. The molecule has 1 aromatic heterocycles. The molecule has 0 aliphatic rings. The molecule has 0 atom stereocenters. The van der Waals surface area contributed by atoms with Crippen LogP contribution in [0.5, 0.6) is 0 Å². The van der Waals surface area contributed by atoms with Crippen LogP contribution < -0.4 is 0 Å². The molecule has 0 fully saturated rings. The van der Waals surface area contributed by atoms with E-state index < -0.39 is 34.0 Å². The van der Waals surface area contributed by atoms with Crippen molar-refractivity contribution < 1.29 is 26.7 Å². The molecule has 8 heteroatoms. The molecule has 0 saturated heterocycles. The number of carbonyl (C=O) groups excluding carboxylic acids is 1. The third-order valence-corrected chi connectivity index (χ3v) is 2.50. The van der Waals surface area contributed by atoms with E-state index >= 15 is 0 Å². The van der Waals surface area contributed by atoms with Crippen molar-refractivity contribution in [1.82, 2.24) is 4.98 Å². The monoisotopic (exact) mass is 303 g/mol. The molecule has 16 heavy (non-hydrogen) atoms. The average Bonchev–Trinajstić information content (AvgIpc) is 2.15. The van der Waals surface area contributed by atoms with E-state index in [9.17, 15) is 26.7 Å². The van der Waals surface area contributed by atoms with E-state index in [1.807, 2.05) is 0 Å². The Bertz CT molecular complexity index is 418. The van der Waals surface area contributed by atoms with Crippen LogP contribution in [0.25, 0.3) is 0 Å². The summed E-state index contributed by atoms with van der Waals surface area (Å²) >= 11 is 2.60. The molecule has 2 nitrogen and oxygen atoms in total. The first-order valence-corrected chi connectivity index (χ1v) is 4.57. The number of pyridine rings is 1. The Morgan fingerprint density at radius 2 is 1.94 bits per heavy atom. The predicted molar refractivity (Wildman–Crippen MR) is 47.3 cm³/mol. The van der Waals surface area contributed by atoms with Gasteiger partial charge in [0.25, 0.3) is 6.43 Å². The van der Waals surface area contributed by atoms with Gasteiger partial charge in [-0.15, -0.1) is 0 Å². The van der Waals surface area contributed by atoms with Gasteiger partial charge in [-0.25, -0.2) is 13.8 Å². The molecule has 0 spiro atoms. The second-order valence-electron chi connectivity index (χ2n) is 2.71. The summed E-state index contributed by atoms with van der Waals surface area (Å²) in [4.78, 5) is 13.2. The third kappa shape index (κ3) is 2.55. The number of aromatic nitrogens is 1. The quantitative estimate of drug-likeness (QED) is 0.617. The van der Waals surface area contributed by atoms with E-state index in [1.165, 1.54) is 0 Å². The minimum atomic E-state index is -4.87. The van der Waals surface area contributed by atoms with Crippen molar-refractivity contribution in [2.75, 3.05) is 0 Å². The molecule has 0 bridgehead atoms. The van der Waals surface area contributed by atoms with Crippen LogP contribution in [0.1, 0.15) is 28.2 Å². The fourth-order valence-corrected chi connectivity index (χ4v) is 1.41. The maximum Gasteiger partial charge on any atom is 0.433 e. The van der Waals surface area contributed by atoms with Gasteiger partial charge < -0.3 is 0 Å². The standard InChI is InChI=1S/C8H3BrF5NO/c9-5-3(2-16)1-4(8(12,13)14)15-6(5)7(10)11/h1-2,7H. The van der Waals surface area contributed by atoms with Gasteiger partial charge in [-0.1, -0.05) is 0 Å². The summed E-state index contributed by atoms with van der Waals surface area (Å²) in [6, 6.07) is 0.406. The first-order valence-electron chi connectivity index (χ1n) is 3.78. The molecule has 88 valence electrons. The van der Waals surface area contributed by atoms with Crippen molar-refractivity contribution in [3.05, 3.63) is 27.5 Å². The van der Waals surface area contributed by atoms with Crippen LogP contribution in [-0.4, -0.2) is 11.3 Å². The largest absolute Gasteiger partial charge is 0.433 e. The summed E-state index contributed by atoms with van der Waals surface area (Å²) < 4.78 is 61.0. The van der Waals surface area contributed by atoms with Gasteiger partial charge in [0.05, 0.1) is 4.47 Å². The number of hydrogen-bond donors (Lipinski definition) is 0. The van der Waals surface area contributed by atoms with Gasteiger partial charge in [0.15, 0.2) is 6.29 Å². The number of rotatable bonds is 2. The van der Waals surface area contributed by atoms with Gasteiger partial charge in [0.1, 0.15) is 11.4 Å². The SMILES string of the molecule is O=Cc1cc(C(F)(F)F)nc(C(F)F)c1Br. The smallest absolute Gasteiger partial charge is 0.298 e. The summed E-state index contributed by atoms with van der Waals surface area (Å²) in [6.07, 6.45) is -8.02. The van der Waals surface area contributed by atoms with Gasteiger partial charge in [0.2, 0.25) is 0 Å².